The van der Waals surface area contributed by atoms with E-state index in [1.54, 1.807) is 6.07 Å². The number of carbonyl (C=O) groups is 2. The highest BCUT2D eigenvalue weighted by molar-refractivity contribution is 6.07. The Labute approximate surface area is 171 Å². The van der Waals surface area contributed by atoms with Gasteiger partial charge in [-0.3, -0.25) is 14.6 Å². The van der Waals surface area contributed by atoms with Crippen molar-refractivity contribution in [1.82, 2.24) is 0 Å². The highest BCUT2D eigenvalue weighted by atomic mass is 16.5. The van der Waals surface area contributed by atoms with Gasteiger partial charge in [0.05, 0.1) is 11.0 Å². The van der Waals surface area contributed by atoms with Crippen LogP contribution in [0.5, 0.6) is 0 Å². The van der Waals surface area contributed by atoms with Crippen molar-refractivity contribution in [2.45, 2.75) is 57.9 Å². The number of nitrogens with two attached hydrogens (primary N) is 1. The largest absolute Gasteiger partial charge is 0.381 e. The van der Waals surface area contributed by atoms with Gasteiger partial charge in [-0.1, -0.05) is 19.9 Å². The fourth-order valence-electron chi connectivity index (χ4n) is 4.74. The van der Waals surface area contributed by atoms with Crippen LogP contribution in [0.15, 0.2) is 34.5 Å². The Bertz CT molecular complexity index is 925. The third kappa shape index (κ3) is 3.62. The van der Waals surface area contributed by atoms with Crippen LogP contribution in [0.1, 0.15) is 62.4 Å². The number of nitrogens with zero attached hydrogens (tertiary/aromatic N) is 1. The molecule has 1 aromatic rings. The summed E-state index contributed by atoms with van der Waals surface area (Å²) in [5.41, 5.74) is 8.77. The molecule has 29 heavy (non-hydrogen) atoms. The molecular formula is C23H29N3O3. The second-order valence-corrected chi connectivity index (χ2v) is 9.38. The predicted octanol–water partition coefficient (Wildman–Crippen LogP) is 3.36. The molecule has 1 atom stereocenters. The number of Topliss-reactive ketones (excluding diaryl/α,β-unsaturated/α-hetero) is 1. The number of primary amides is 1. The molecule has 1 saturated heterocycles. The van der Waals surface area contributed by atoms with Crippen molar-refractivity contribution in [3.8, 4) is 0 Å². The summed E-state index contributed by atoms with van der Waals surface area (Å²) in [6.45, 7) is 7.66. The number of rotatable bonds is 4. The molecule has 3 N–H and O–H groups in total. The molecule has 6 heteroatoms. The van der Waals surface area contributed by atoms with Crippen LogP contribution in [0, 0.1) is 5.41 Å². The molecule has 154 valence electrons. The highest BCUT2D eigenvalue weighted by Gasteiger charge is 2.45. The van der Waals surface area contributed by atoms with Crippen molar-refractivity contribution >= 4 is 23.6 Å². The minimum Gasteiger partial charge on any atom is -0.381 e. The number of aliphatic imine (C=N–C) groups is 1. The standard InChI is InChI=1S/C23H29N3O3/c1-22(2)11-18-20(19(27)12-22)23(3,13-25-18)14-4-5-16(21(24)28)17(10-14)26-15-6-8-29-9-7-15/h4-5,10,13,15,26H,6-9,11-12H2,1-3H3,(H2,24,28). The van der Waals surface area contributed by atoms with Gasteiger partial charge in [0.25, 0.3) is 5.91 Å². The molecule has 1 unspecified atom stereocenters. The lowest BCUT2D eigenvalue weighted by Gasteiger charge is -2.34. The first-order chi connectivity index (χ1) is 13.7. The summed E-state index contributed by atoms with van der Waals surface area (Å²) >= 11 is 0. The van der Waals surface area contributed by atoms with Crippen LogP contribution in [0.25, 0.3) is 0 Å². The predicted molar refractivity (Wildman–Crippen MR) is 113 cm³/mol. The fraction of sp³-hybridized carbons (Fsp3) is 0.522. The number of ketones is 1. The number of ether oxygens (including phenoxy) is 1. The normalized spacial score (nSPS) is 26.5. The maximum absolute atomic E-state index is 13.0. The van der Waals surface area contributed by atoms with E-state index in [1.807, 2.05) is 25.3 Å². The van der Waals surface area contributed by atoms with Crippen molar-refractivity contribution in [3.05, 3.63) is 40.6 Å². The Kier molecular flexibility index (Phi) is 4.85. The smallest absolute Gasteiger partial charge is 0.250 e. The van der Waals surface area contributed by atoms with E-state index in [0.29, 0.717) is 30.9 Å². The Balaban J connectivity index is 1.72. The van der Waals surface area contributed by atoms with E-state index in [-0.39, 0.29) is 17.2 Å². The van der Waals surface area contributed by atoms with E-state index in [2.05, 4.69) is 24.2 Å². The summed E-state index contributed by atoms with van der Waals surface area (Å²) in [4.78, 5) is 29.7. The van der Waals surface area contributed by atoms with E-state index < -0.39 is 11.3 Å². The Morgan fingerprint density at radius 2 is 1.93 bits per heavy atom. The van der Waals surface area contributed by atoms with E-state index >= 15 is 0 Å². The monoisotopic (exact) mass is 395 g/mol. The molecule has 3 aliphatic rings. The molecule has 4 rings (SSSR count). The Hall–Kier alpha value is -2.47. The quantitative estimate of drug-likeness (QED) is 0.817. The molecule has 1 amide bonds. The Morgan fingerprint density at radius 3 is 2.62 bits per heavy atom. The molecule has 0 aromatic heterocycles. The first-order valence-corrected chi connectivity index (χ1v) is 10.3. The molecule has 0 saturated carbocycles. The van der Waals surface area contributed by atoms with Gasteiger partial charge in [0.15, 0.2) is 5.78 Å². The molecule has 0 spiro atoms. The summed E-state index contributed by atoms with van der Waals surface area (Å²) < 4.78 is 5.43. The number of nitrogens with one attached hydrogen (secondary N) is 1. The van der Waals surface area contributed by atoms with E-state index in [0.717, 1.165) is 36.1 Å². The lowest BCUT2D eigenvalue weighted by Crippen LogP contribution is -2.34. The average Bonchev–Trinajstić information content (AvgIpc) is 2.99. The van der Waals surface area contributed by atoms with Gasteiger partial charge >= 0.3 is 0 Å². The first kappa shape index (κ1) is 19.8. The van der Waals surface area contributed by atoms with E-state index in [9.17, 15) is 9.59 Å². The van der Waals surface area contributed by atoms with Crippen LogP contribution in [0.2, 0.25) is 0 Å². The molecule has 2 aliphatic heterocycles. The summed E-state index contributed by atoms with van der Waals surface area (Å²) in [5, 5.41) is 3.48. The fourth-order valence-corrected chi connectivity index (χ4v) is 4.74. The highest BCUT2D eigenvalue weighted by Crippen LogP contribution is 2.47. The number of hydrogen-bond acceptors (Lipinski definition) is 5. The molecule has 1 aliphatic carbocycles. The molecule has 6 nitrogen and oxygen atoms in total. The van der Waals surface area contributed by atoms with Crippen molar-refractivity contribution in [2.24, 2.45) is 16.1 Å². The van der Waals surface area contributed by atoms with Gasteiger partial charge in [-0.2, -0.15) is 0 Å². The van der Waals surface area contributed by atoms with Crippen molar-refractivity contribution in [3.63, 3.8) is 0 Å². The summed E-state index contributed by atoms with van der Waals surface area (Å²) in [7, 11) is 0. The summed E-state index contributed by atoms with van der Waals surface area (Å²) in [6.07, 6.45) is 4.96. The van der Waals surface area contributed by atoms with Gasteiger partial charge in [-0.05, 0) is 49.3 Å². The summed E-state index contributed by atoms with van der Waals surface area (Å²) in [6, 6.07) is 5.84. The number of allylic oxidation sites excluding steroid dienone is 2. The van der Waals surface area contributed by atoms with E-state index in [1.165, 1.54) is 0 Å². The third-order valence-corrected chi connectivity index (χ3v) is 6.32. The topological polar surface area (TPSA) is 93.8 Å². The van der Waals surface area contributed by atoms with Crippen LogP contribution >= 0.6 is 0 Å². The SMILES string of the molecule is CC1(C)CC(=O)C2=C(C1)N=CC2(C)c1ccc(C(N)=O)c(NC2CCOCC2)c1. The van der Waals surface area contributed by atoms with Crippen molar-refractivity contribution in [2.75, 3.05) is 18.5 Å². The maximum Gasteiger partial charge on any atom is 0.250 e. The second kappa shape index (κ2) is 7.10. The van der Waals surface area contributed by atoms with Gasteiger partial charge in [-0.15, -0.1) is 0 Å². The van der Waals surface area contributed by atoms with Gasteiger partial charge in [0, 0.05) is 48.8 Å². The van der Waals surface area contributed by atoms with Crippen LogP contribution < -0.4 is 11.1 Å². The lowest BCUT2D eigenvalue weighted by atomic mass is 9.68. The molecule has 1 fully saturated rings. The van der Waals surface area contributed by atoms with Crippen molar-refractivity contribution < 1.29 is 14.3 Å². The minimum absolute atomic E-state index is 0.0654. The molecule has 1 aromatic carbocycles. The number of amides is 1. The zero-order valence-electron chi connectivity index (χ0n) is 17.4. The van der Waals surface area contributed by atoms with Crippen LogP contribution in [0.3, 0.4) is 0 Å². The zero-order valence-corrected chi connectivity index (χ0v) is 17.4. The molecule has 0 bridgehead atoms. The van der Waals surface area contributed by atoms with Crippen LogP contribution in [-0.2, 0) is 14.9 Å². The second-order valence-electron chi connectivity index (χ2n) is 9.38. The number of carbonyl (C=O) groups excluding carboxylic acids is 2. The Morgan fingerprint density at radius 1 is 1.21 bits per heavy atom. The lowest BCUT2D eigenvalue weighted by molar-refractivity contribution is -0.118. The summed E-state index contributed by atoms with van der Waals surface area (Å²) in [5.74, 6) is -0.305. The van der Waals surface area contributed by atoms with Crippen LogP contribution in [0.4, 0.5) is 5.69 Å². The zero-order chi connectivity index (χ0) is 20.8. The number of benzene rings is 1. The average molecular weight is 396 g/mol. The molecule has 2 heterocycles. The van der Waals surface area contributed by atoms with Gasteiger partial charge < -0.3 is 15.8 Å². The number of hydrogen-bond donors (Lipinski definition) is 2. The first-order valence-electron chi connectivity index (χ1n) is 10.3. The maximum atomic E-state index is 13.0. The van der Waals surface area contributed by atoms with Crippen LogP contribution in [-0.4, -0.2) is 37.2 Å². The van der Waals surface area contributed by atoms with Gasteiger partial charge in [-0.25, -0.2) is 0 Å². The third-order valence-electron chi connectivity index (χ3n) is 6.32. The van der Waals surface area contributed by atoms with Gasteiger partial charge in [0.2, 0.25) is 0 Å². The number of anilines is 1. The molecular weight excluding hydrogens is 366 g/mol. The van der Waals surface area contributed by atoms with Gasteiger partial charge in [0.1, 0.15) is 0 Å². The van der Waals surface area contributed by atoms with Crippen molar-refractivity contribution in [1.29, 1.82) is 0 Å². The molecule has 0 radical (unpaired) electrons. The minimum atomic E-state index is -0.592. The van der Waals surface area contributed by atoms with E-state index in [4.69, 9.17) is 10.5 Å².